The van der Waals surface area contributed by atoms with Gasteiger partial charge in [-0.2, -0.15) is 0 Å². The zero-order chi connectivity index (χ0) is 14.0. The minimum Gasteiger partial charge on any atom is -0.493 e. The van der Waals surface area contributed by atoms with Gasteiger partial charge in [-0.05, 0) is 33.2 Å². The zero-order valence-corrected chi connectivity index (χ0v) is 12.3. The van der Waals surface area contributed by atoms with Gasteiger partial charge < -0.3 is 18.9 Å². The van der Waals surface area contributed by atoms with Crippen molar-refractivity contribution >= 4 is 10.9 Å². The minimum absolute atomic E-state index is 0.476. The monoisotopic (exact) mass is 262 g/mol. The largest absolute Gasteiger partial charge is 0.493 e. The molecule has 1 heterocycles. The van der Waals surface area contributed by atoms with E-state index in [1.807, 2.05) is 12.1 Å². The fourth-order valence-electron chi connectivity index (χ4n) is 2.12. The molecule has 0 radical (unpaired) electrons. The maximum atomic E-state index is 5.37. The van der Waals surface area contributed by atoms with E-state index in [1.54, 1.807) is 14.2 Å². The first-order valence-electron chi connectivity index (χ1n) is 6.44. The van der Waals surface area contributed by atoms with Gasteiger partial charge >= 0.3 is 0 Å². The van der Waals surface area contributed by atoms with E-state index in [4.69, 9.17) is 9.47 Å². The Hall–Kier alpha value is -1.68. The molecule has 104 valence electrons. The quantitative estimate of drug-likeness (QED) is 0.828. The van der Waals surface area contributed by atoms with E-state index in [0.717, 1.165) is 18.0 Å². The van der Waals surface area contributed by atoms with E-state index < -0.39 is 0 Å². The van der Waals surface area contributed by atoms with Crippen LogP contribution in [0.2, 0.25) is 0 Å². The molecule has 1 aromatic heterocycles. The molecular formula is C15H22N2O2. The Morgan fingerprint density at radius 2 is 1.79 bits per heavy atom. The van der Waals surface area contributed by atoms with Crippen LogP contribution in [0.3, 0.4) is 0 Å². The molecule has 4 heteroatoms. The van der Waals surface area contributed by atoms with Crippen molar-refractivity contribution in [3.8, 4) is 11.5 Å². The van der Waals surface area contributed by atoms with Gasteiger partial charge in [-0.3, -0.25) is 0 Å². The molecule has 0 unspecified atom stereocenters. The maximum Gasteiger partial charge on any atom is 0.162 e. The summed E-state index contributed by atoms with van der Waals surface area (Å²) in [6.45, 7) is 3.17. The minimum atomic E-state index is 0.476. The first-order chi connectivity index (χ1) is 9.06. The van der Waals surface area contributed by atoms with Crippen LogP contribution in [0.15, 0.2) is 24.4 Å². The first kappa shape index (κ1) is 13.7. The van der Waals surface area contributed by atoms with E-state index in [0.29, 0.717) is 6.04 Å². The average molecular weight is 262 g/mol. The van der Waals surface area contributed by atoms with Crippen LogP contribution in [0.1, 0.15) is 6.92 Å². The Bertz CT molecular complexity index is 561. The van der Waals surface area contributed by atoms with E-state index >= 15 is 0 Å². The zero-order valence-electron chi connectivity index (χ0n) is 12.3. The molecule has 0 spiro atoms. The number of aromatic nitrogens is 1. The second-order valence-corrected chi connectivity index (χ2v) is 5.05. The number of ether oxygens (including phenoxy) is 2. The molecule has 1 aromatic carbocycles. The lowest BCUT2D eigenvalue weighted by Crippen LogP contribution is -2.28. The van der Waals surface area contributed by atoms with Crippen molar-refractivity contribution in [2.45, 2.75) is 19.5 Å². The molecule has 4 nitrogen and oxygen atoms in total. The van der Waals surface area contributed by atoms with Crippen molar-refractivity contribution in [2.24, 2.45) is 0 Å². The Kier molecular flexibility index (Phi) is 4.00. The molecule has 0 aliphatic carbocycles. The van der Waals surface area contributed by atoms with Crippen LogP contribution in [0, 0.1) is 0 Å². The van der Waals surface area contributed by atoms with Crippen LogP contribution in [0.25, 0.3) is 10.9 Å². The summed E-state index contributed by atoms with van der Waals surface area (Å²) < 4.78 is 13.0. The van der Waals surface area contributed by atoms with Crippen LogP contribution in [0.5, 0.6) is 11.5 Å². The highest BCUT2D eigenvalue weighted by Gasteiger charge is 2.11. The molecule has 0 aliphatic heterocycles. The average Bonchev–Trinajstić information content (AvgIpc) is 2.79. The van der Waals surface area contributed by atoms with Crippen LogP contribution in [0.4, 0.5) is 0 Å². The Morgan fingerprint density at radius 1 is 1.16 bits per heavy atom. The van der Waals surface area contributed by atoms with Crippen molar-refractivity contribution in [3.63, 3.8) is 0 Å². The lowest BCUT2D eigenvalue weighted by atomic mass is 10.2. The van der Waals surface area contributed by atoms with Crippen LogP contribution in [-0.2, 0) is 6.54 Å². The first-order valence-corrected chi connectivity index (χ1v) is 6.44. The topological polar surface area (TPSA) is 26.6 Å². The van der Waals surface area contributed by atoms with E-state index in [1.165, 1.54) is 10.9 Å². The Morgan fingerprint density at radius 3 is 2.37 bits per heavy atom. The van der Waals surface area contributed by atoms with E-state index in [-0.39, 0.29) is 0 Å². The molecule has 0 N–H and O–H groups in total. The smallest absolute Gasteiger partial charge is 0.162 e. The maximum absolute atomic E-state index is 5.37. The SMILES string of the molecule is COc1cc2ccn(C[C@H](C)N(C)C)c2cc1OC. The van der Waals surface area contributed by atoms with Gasteiger partial charge in [0, 0.05) is 30.2 Å². The number of nitrogens with zero attached hydrogens (tertiary/aromatic N) is 2. The molecule has 0 aliphatic rings. The molecule has 1 atom stereocenters. The number of hydrogen-bond acceptors (Lipinski definition) is 3. The summed E-state index contributed by atoms with van der Waals surface area (Å²) >= 11 is 0. The molecule has 0 saturated heterocycles. The third-order valence-electron chi connectivity index (χ3n) is 3.62. The molecule has 2 aromatic rings. The second kappa shape index (κ2) is 5.53. The summed E-state index contributed by atoms with van der Waals surface area (Å²) in [5, 5.41) is 1.17. The normalized spacial score (nSPS) is 12.9. The van der Waals surface area contributed by atoms with Crippen LogP contribution < -0.4 is 9.47 Å². The summed E-state index contributed by atoms with van der Waals surface area (Å²) in [5.41, 5.74) is 1.17. The molecule has 2 rings (SSSR count). The Labute approximate surface area is 114 Å². The van der Waals surface area contributed by atoms with Gasteiger partial charge in [0.1, 0.15) is 0 Å². The number of fused-ring (bicyclic) bond motifs is 1. The summed E-state index contributed by atoms with van der Waals surface area (Å²) in [4.78, 5) is 2.21. The molecule has 0 fully saturated rings. The Balaban J connectivity index is 2.41. The predicted octanol–water partition coefficient (Wildman–Crippen LogP) is 2.61. The highest BCUT2D eigenvalue weighted by molar-refractivity contribution is 5.84. The highest BCUT2D eigenvalue weighted by Crippen LogP contribution is 2.32. The predicted molar refractivity (Wildman–Crippen MR) is 78.2 cm³/mol. The number of hydrogen-bond donors (Lipinski definition) is 0. The molecule has 0 saturated carbocycles. The van der Waals surface area contributed by atoms with Gasteiger partial charge in [0.05, 0.1) is 19.7 Å². The summed E-state index contributed by atoms with van der Waals surface area (Å²) in [7, 11) is 7.52. The van der Waals surface area contributed by atoms with Gasteiger partial charge in [0.25, 0.3) is 0 Å². The molecular weight excluding hydrogens is 240 g/mol. The second-order valence-electron chi connectivity index (χ2n) is 5.05. The number of rotatable bonds is 5. The third kappa shape index (κ3) is 2.68. The van der Waals surface area contributed by atoms with E-state index in [9.17, 15) is 0 Å². The van der Waals surface area contributed by atoms with Crippen molar-refractivity contribution in [2.75, 3.05) is 28.3 Å². The van der Waals surface area contributed by atoms with Gasteiger partial charge in [-0.15, -0.1) is 0 Å². The standard InChI is InChI=1S/C15H22N2O2/c1-11(16(2)3)10-17-7-6-12-8-14(18-4)15(19-5)9-13(12)17/h6-9,11H,10H2,1-5H3/t11-/m0/s1. The van der Waals surface area contributed by atoms with Crippen LogP contribution in [-0.4, -0.2) is 43.8 Å². The number of methoxy groups -OCH3 is 2. The lowest BCUT2D eigenvalue weighted by molar-refractivity contribution is 0.286. The number of likely N-dealkylation sites (N-methyl/N-ethyl adjacent to an activating group) is 1. The van der Waals surface area contributed by atoms with Crippen molar-refractivity contribution in [3.05, 3.63) is 24.4 Å². The van der Waals surface area contributed by atoms with Crippen LogP contribution >= 0.6 is 0 Å². The van der Waals surface area contributed by atoms with Gasteiger partial charge in [0.15, 0.2) is 11.5 Å². The van der Waals surface area contributed by atoms with Crippen molar-refractivity contribution in [1.82, 2.24) is 9.47 Å². The summed E-state index contributed by atoms with van der Waals surface area (Å²) in [6, 6.07) is 6.64. The van der Waals surface area contributed by atoms with E-state index in [2.05, 4.69) is 42.7 Å². The van der Waals surface area contributed by atoms with Crippen molar-refractivity contribution < 1.29 is 9.47 Å². The molecule has 0 bridgehead atoms. The van der Waals surface area contributed by atoms with Gasteiger partial charge in [-0.25, -0.2) is 0 Å². The van der Waals surface area contributed by atoms with Gasteiger partial charge in [0.2, 0.25) is 0 Å². The summed E-state index contributed by atoms with van der Waals surface area (Å²) in [6.07, 6.45) is 2.11. The highest BCUT2D eigenvalue weighted by atomic mass is 16.5. The van der Waals surface area contributed by atoms with Crippen molar-refractivity contribution in [1.29, 1.82) is 0 Å². The fourth-order valence-corrected chi connectivity index (χ4v) is 2.12. The summed E-state index contributed by atoms with van der Waals surface area (Å²) in [5.74, 6) is 1.54. The van der Waals surface area contributed by atoms with Gasteiger partial charge in [-0.1, -0.05) is 0 Å². The molecule has 0 amide bonds. The third-order valence-corrected chi connectivity index (χ3v) is 3.62. The lowest BCUT2D eigenvalue weighted by Gasteiger charge is -2.21. The fraction of sp³-hybridized carbons (Fsp3) is 0.467. The number of benzene rings is 1. The molecule has 19 heavy (non-hydrogen) atoms.